The molecule has 0 heterocycles. The minimum absolute atomic E-state index is 0.943. The van der Waals surface area contributed by atoms with E-state index in [-0.39, 0.29) is 0 Å². The molecule has 1 heteroatoms. The van der Waals surface area contributed by atoms with E-state index in [4.69, 9.17) is 0 Å². The van der Waals surface area contributed by atoms with Crippen LogP contribution in [0, 0.1) is 23.7 Å². The predicted octanol–water partition coefficient (Wildman–Crippen LogP) is 9.15. The summed E-state index contributed by atoms with van der Waals surface area (Å²) in [6.07, 6.45) is 34.3. The molecular weight excluding hydrogens is 388 g/mol. The second-order valence-electron chi connectivity index (χ2n) is 13.9. The molecule has 0 aromatic rings. The van der Waals surface area contributed by atoms with E-state index >= 15 is 0 Å². The maximum absolute atomic E-state index is 1.78. The number of fused-ring (bicyclic) bond motifs is 8. The molecule has 0 aromatic carbocycles. The van der Waals surface area contributed by atoms with Crippen molar-refractivity contribution in [2.75, 3.05) is 0 Å². The molecule has 8 bridgehead atoms. The third-order valence-corrected chi connectivity index (χ3v) is 25.0. The van der Waals surface area contributed by atoms with Crippen molar-refractivity contribution in [1.29, 1.82) is 0 Å². The first-order valence-electron chi connectivity index (χ1n) is 14.0. The van der Waals surface area contributed by atoms with E-state index in [2.05, 4.69) is 0 Å². The summed E-state index contributed by atoms with van der Waals surface area (Å²) in [4.78, 5) is 0. The van der Waals surface area contributed by atoms with Gasteiger partial charge in [-0.05, 0) is 0 Å². The fourth-order valence-electron chi connectivity index (χ4n) is 13.0. The standard InChI is InChI=1S/4C7H11.Cr/c4*1-2-7-4-3-6(1)5-7;/h4*6H,1-5H2;. The van der Waals surface area contributed by atoms with Crippen molar-refractivity contribution in [3.05, 3.63) is 0 Å². The summed E-state index contributed by atoms with van der Waals surface area (Å²) < 4.78 is 3.77. The van der Waals surface area contributed by atoms with E-state index in [1.54, 1.807) is 128 Å². The van der Waals surface area contributed by atoms with Crippen molar-refractivity contribution >= 4 is 0 Å². The van der Waals surface area contributed by atoms with E-state index in [0.29, 0.717) is 0 Å². The van der Waals surface area contributed by atoms with Gasteiger partial charge in [0.05, 0.1) is 0 Å². The van der Waals surface area contributed by atoms with Gasteiger partial charge in [-0.15, -0.1) is 0 Å². The SMILES string of the molecule is C1C[C]2([Cr]([C]34CCC(CC3)C4)([C]34CCC(CC3)C4)[C]34CCC(CC3)C4)CCC1C2. The minimum atomic E-state index is -1.78. The molecule has 0 amide bonds. The zero-order valence-electron chi connectivity index (χ0n) is 18.9. The first kappa shape index (κ1) is 18.0. The molecular formula is C28H44Cr. The van der Waals surface area contributed by atoms with Crippen molar-refractivity contribution < 1.29 is 13.1 Å². The third kappa shape index (κ3) is 1.84. The predicted molar refractivity (Wildman–Crippen MR) is 117 cm³/mol. The Morgan fingerprint density at radius 2 is 0.552 bits per heavy atom. The Morgan fingerprint density at radius 3 is 0.690 bits per heavy atom. The van der Waals surface area contributed by atoms with Crippen LogP contribution in [0.1, 0.15) is 128 Å². The fourth-order valence-corrected chi connectivity index (χ4v) is 30.0. The second-order valence-corrected chi connectivity index (χ2v) is 21.3. The van der Waals surface area contributed by atoms with E-state index < -0.39 is 13.1 Å². The molecule has 0 saturated heterocycles. The molecule has 8 saturated carbocycles. The Hall–Kier alpha value is 0.532. The summed E-state index contributed by atoms with van der Waals surface area (Å²) >= 11 is -1.78. The molecule has 0 unspecified atom stereocenters. The van der Waals surface area contributed by atoms with Crippen LogP contribution in [0.4, 0.5) is 0 Å². The van der Waals surface area contributed by atoms with Crippen LogP contribution in [0.2, 0.25) is 17.1 Å². The zero-order chi connectivity index (χ0) is 19.0. The van der Waals surface area contributed by atoms with Crippen LogP contribution in [-0.2, 0) is 13.1 Å². The van der Waals surface area contributed by atoms with Gasteiger partial charge in [0.1, 0.15) is 0 Å². The van der Waals surface area contributed by atoms with Gasteiger partial charge in [-0.25, -0.2) is 0 Å². The first-order valence-corrected chi connectivity index (χ1v) is 16.5. The van der Waals surface area contributed by atoms with Gasteiger partial charge in [0, 0.05) is 0 Å². The average Bonchev–Trinajstić information content (AvgIpc) is 3.59. The van der Waals surface area contributed by atoms with Crippen LogP contribution < -0.4 is 0 Å². The van der Waals surface area contributed by atoms with Crippen LogP contribution in [-0.4, -0.2) is 0 Å². The van der Waals surface area contributed by atoms with Gasteiger partial charge in [0.25, 0.3) is 0 Å². The molecule has 0 N–H and O–H groups in total. The Labute approximate surface area is 182 Å². The van der Waals surface area contributed by atoms with Crippen molar-refractivity contribution in [2.45, 2.75) is 146 Å². The normalized spacial score (nSPS) is 62.3. The molecule has 29 heavy (non-hydrogen) atoms. The molecule has 0 radical (unpaired) electrons. The van der Waals surface area contributed by atoms with E-state index in [9.17, 15) is 0 Å². The quantitative estimate of drug-likeness (QED) is 0.415. The summed E-state index contributed by atoms with van der Waals surface area (Å²) in [6.45, 7) is 0. The molecule has 0 atom stereocenters. The van der Waals surface area contributed by atoms with Gasteiger partial charge in [-0.3, -0.25) is 0 Å². The van der Waals surface area contributed by atoms with Gasteiger partial charge in [0.15, 0.2) is 0 Å². The molecule has 162 valence electrons. The topological polar surface area (TPSA) is 0 Å². The number of hydrogen-bond donors (Lipinski definition) is 0. The summed E-state index contributed by atoms with van der Waals surface area (Å²) in [7, 11) is 0. The van der Waals surface area contributed by atoms with Crippen LogP contribution in [0.3, 0.4) is 0 Å². The molecule has 0 aromatic heterocycles. The van der Waals surface area contributed by atoms with Crippen LogP contribution in [0.5, 0.6) is 0 Å². The summed E-state index contributed by atoms with van der Waals surface area (Å²) in [5.41, 5.74) is 0. The van der Waals surface area contributed by atoms with Crippen molar-refractivity contribution in [3.8, 4) is 0 Å². The van der Waals surface area contributed by atoms with E-state index in [1.165, 1.54) is 23.7 Å². The Kier molecular flexibility index (Phi) is 3.44. The van der Waals surface area contributed by atoms with Crippen LogP contribution in [0.25, 0.3) is 0 Å². The van der Waals surface area contributed by atoms with Gasteiger partial charge >= 0.3 is 182 Å². The Balaban J connectivity index is 1.44. The van der Waals surface area contributed by atoms with Crippen molar-refractivity contribution in [1.82, 2.24) is 0 Å². The van der Waals surface area contributed by atoms with Crippen LogP contribution in [0.15, 0.2) is 0 Å². The van der Waals surface area contributed by atoms with E-state index in [1.807, 2.05) is 0 Å². The van der Waals surface area contributed by atoms with Crippen molar-refractivity contribution in [3.63, 3.8) is 0 Å². The van der Waals surface area contributed by atoms with E-state index in [0.717, 1.165) is 17.1 Å². The monoisotopic (exact) mass is 432 g/mol. The molecule has 8 aliphatic rings. The number of hydrogen-bond acceptors (Lipinski definition) is 0. The fraction of sp³-hybridized carbons (Fsp3) is 1.00. The molecule has 0 nitrogen and oxygen atoms in total. The summed E-state index contributed by atoms with van der Waals surface area (Å²) in [6, 6.07) is 0. The Morgan fingerprint density at radius 1 is 0.345 bits per heavy atom. The average molecular weight is 433 g/mol. The van der Waals surface area contributed by atoms with Gasteiger partial charge in [0.2, 0.25) is 0 Å². The van der Waals surface area contributed by atoms with Gasteiger partial charge in [-0.1, -0.05) is 0 Å². The Bertz CT molecular complexity index is 577. The van der Waals surface area contributed by atoms with Crippen molar-refractivity contribution in [2.24, 2.45) is 23.7 Å². The number of rotatable bonds is 4. The van der Waals surface area contributed by atoms with Gasteiger partial charge < -0.3 is 0 Å². The molecule has 0 spiro atoms. The zero-order valence-corrected chi connectivity index (χ0v) is 20.1. The molecule has 8 fully saturated rings. The van der Waals surface area contributed by atoms with Gasteiger partial charge in [-0.2, -0.15) is 0 Å². The maximum atomic E-state index is 1.76. The van der Waals surface area contributed by atoms with Crippen LogP contribution >= 0.6 is 0 Å². The summed E-state index contributed by atoms with van der Waals surface area (Å²) in [5, 5.41) is 0. The first-order chi connectivity index (χ1) is 14.1. The molecule has 8 aliphatic carbocycles. The third-order valence-electron chi connectivity index (χ3n) is 13.3. The molecule has 8 rings (SSSR count). The summed E-state index contributed by atoms with van der Waals surface area (Å²) in [5.74, 6) is 4.69. The second kappa shape index (κ2) is 5.53. The molecule has 0 aliphatic heterocycles.